The van der Waals surface area contributed by atoms with E-state index in [1.54, 1.807) is 18.2 Å². The molecule has 1 heterocycles. The van der Waals surface area contributed by atoms with E-state index in [0.717, 1.165) is 42.6 Å². The van der Waals surface area contributed by atoms with Crippen molar-refractivity contribution in [1.29, 1.82) is 0 Å². The van der Waals surface area contributed by atoms with Crippen LogP contribution in [0.25, 0.3) is 11.3 Å². The molecule has 0 spiro atoms. The van der Waals surface area contributed by atoms with E-state index in [1.807, 2.05) is 12.1 Å². The Morgan fingerprint density at radius 1 is 1.03 bits per heavy atom. The van der Waals surface area contributed by atoms with Gasteiger partial charge in [-0.1, -0.05) is 23.7 Å². The number of carbonyl (C=O) groups is 1. The molecule has 6 rings (SSSR count). The lowest BCUT2D eigenvalue weighted by Crippen LogP contribution is -2.54. The fourth-order valence-corrected chi connectivity index (χ4v) is 6.36. The average molecular weight is 412 g/mol. The third-order valence-corrected chi connectivity index (χ3v) is 7.39. The van der Waals surface area contributed by atoms with E-state index in [2.05, 4.69) is 10.4 Å². The third kappa shape index (κ3) is 3.61. The SMILES string of the molecule is O=C(NCCn1nc(-c2ccc(Cl)cc2)ccc1=O)C12CC3CC(CC(C3)C1)C2. The second-order valence-electron chi connectivity index (χ2n) is 9.24. The molecular formula is C23H26ClN3O2. The van der Waals surface area contributed by atoms with E-state index in [9.17, 15) is 9.59 Å². The topological polar surface area (TPSA) is 64.0 Å². The maximum absolute atomic E-state index is 13.1. The Kier molecular flexibility index (Phi) is 4.73. The van der Waals surface area contributed by atoms with Gasteiger partial charge in [-0.05, 0) is 74.5 Å². The molecule has 0 atom stereocenters. The zero-order valence-corrected chi connectivity index (χ0v) is 17.2. The molecule has 0 aliphatic heterocycles. The van der Waals surface area contributed by atoms with Gasteiger partial charge in [-0.15, -0.1) is 0 Å². The molecule has 1 aromatic carbocycles. The van der Waals surface area contributed by atoms with Crippen LogP contribution in [0.1, 0.15) is 38.5 Å². The van der Waals surface area contributed by atoms with Crippen molar-refractivity contribution in [3.05, 3.63) is 51.8 Å². The fourth-order valence-electron chi connectivity index (χ4n) is 6.24. The number of hydrogen-bond donors (Lipinski definition) is 1. The van der Waals surface area contributed by atoms with Crippen molar-refractivity contribution in [2.24, 2.45) is 23.2 Å². The highest BCUT2D eigenvalue weighted by molar-refractivity contribution is 6.30. The van der Waals surface area contributed by atoms with Gasteiger partial charge in [0.1, 0.15) is 0 Å². The summed E-state index contributed by atoms with van der Waals surface area (Å²) < 4.78 is 1.43. The standard InChI is InChI=1S/C23H26ClN3O2/c24-19-3-1-18(2-4-19)20-5-6-21(28)27(26-20)8-7-25-22(29)23-12-15-9-16(13-23)11-17(10-15)14-23/h1-6,15-17H,7-14H2,(H,25,29). The van der Waals surface area contributed by atoms with E-state index in [4.69, 9.17) is 11.6 Å². The summed E-state index contributed by atoms with van der Waals surface area (Å²) in [5, 5.41) is 8.26. The number of rotatable bonds is 5. The molecule has 4 saturated carbocycles. The first kappa shape index (κ1) is 18.9. The molecular weight excluding hydrogens is 386 g/mol. The fraction of sp³-hybridized carbons (Fsp3) is 0.522. The predicted molar refractivity (Wildman–Crippen MR) is 113 cm³/mol. The van der Waals surface area contributed by atoms with Crippen LogP contribution in [-0.2, 0) is 11.3 Å². The molecule has 29 heavy (non-hydrogen) atoms. The molecule has 6 heteroatoms. The van der Waals surface area contributed by atoms with Gasteiger partial charge in [-0.25, -0.2) is 4.68 Å². The number of nitrogens with one attached hydrogen (secondary N) is 1. The lowest BCUT2D eigenvalue weighted by Gasteiger charge is -2.55. The Balaban J connectivity index is 1.25. The first-order valence-electron chi connectivity index (χ1n) is 10.6. The highest BCUT2D eigenvalue weighted by Gasteiger charge is 2.54. The molecule has 1 amide bonds. The summed E-state index contributed by atoms with van der Waals surface area (Å²) >= 11 is 5.95. The van der Waals surface area contributed by atoms with Gasteiger partial charge < -0.3 is 5.32 Å². The van der Waals surface area contributed by atoms with Gasteiger partial charge in [-0.3, -0.25) is 9.59 Å². The molecule has 4 bridgehead atoms. The van der Waals surface area contributed by atoms with E-state index in [1.165, 1.54) is 30.0 Å². The third-order valence-electron chi connectivity index (χ3n) is 7.14. The number of aromatic nitrogens is 2. The molecule has 2 aromatic rings. The Morgan fingerprint density at radius 2 is 1.66 bits per heavy atom. The zero-order valence-electron chi connectivity index (χ0n) is 16.4. The van der Waals surface area contributed by atoms with Crippen molar-refractivity contribution in [2.75, 3.05) is 6.54 Å². The summed E-state index contributed by atoms with van der Waals surface area (Å²) in [4.78, 5) is 25.3. The molecule has 0 unspecified atom stereocenters. The van der Waals surface area contributed by atoms with E-state index < -0.39 is 0 Å². The van der Waals surface area contributed by atoms with E-state index >= 15 is 0 Å². The molecule has 5 nitrogen and oxygen atoms in total. The minimum atomic E-state index is -0.160. The van der Waals surface area contributed by atoms with Crippen LogP contribution in [0.2, 0.25) is 5.02 Å². The van der Waals surface area contributed by atoms with Gasteiger partial charge in [0, 0.05) is 28.6 Å². The molecule has 1 N–H and O–H groups in total. The van der Waals surface area contributed by atoms with Crippen LogP contribution >= 0.6 is 11.6 Å². The first-order valence-corrected chi connectivity index (χ1v) is 11.0. The second kappa shape index (κ2) is 7.28. The molecule has 152 valence electrons. The minimum absolute atomic E-state index is 0.154. The molecule has 4 fully saturated rings. The van der Waals surface area contributed by atoms with Crippen LogP contribution in [0.5, 0.6) is 0 Å². The molecule has 4 aliphatic carbocycles. The first-order chi connectivity index (χ1) is 14.0. The highest BCUT2D eigenvalue weighted by atomic mass is 35.5. The Hall–Kier alpha value is -2.14. The maximum Gasteiger partial charge on any atom is 0.266 e. The summed E-state index contributed by atoms with van der Waals surface area (Å²) in [7, 11) is 0. The number of amides is 1. The van der Waals surface area contributed by atoms with Crippen LogP contribution in [0, 0.1) is 23.2 Å². The van der Waals surface area contributed by atoms with E-state index in [0.29, 0.717) is 23.8 Å². The summed E-state index contributed by atoms with van der Waals surface area (Å²) in [6, 6.07) is 10.6. The Labute approximate surface area is 175 Å². The second-order valence-corrected chi connectivity index (χ2v) is 9.68. The number of halogens is 1. The number of hydrogen-bond acceptors (Lipinski definition) is 3. The summed E-state index contributed by atoms with van der Waals surface area (Å²) in [5.41, 5.74) is 1.30. The lowest BCUT2D eigenvalue weighted by atomic mass is 9.49. The van der Waals surface area contributed by atoms with Crippen molar-refractivity contribution < 1.29 is 4.79 Å². The van der Waals surface area contributed by atoms with Crippen LogP contribution in [0.15, 0.2) is 41.2 Å². The van der Waals surface area contributed by atoms with Crippen LogP contribution in [-0.4, -0.2) is 22.2 Å². The van der Waals surface area contributed by atoms with Crippen molar-refractivity contribution in [1.82, 2.24) is 15.1 Å². The average Bonchev–Trinajstić information content (AvgIpc) is 2.69. The van der Waals surface area contributed by atoms with E-state index in [-0.39, 0.29) is 16.9 Å². The van der Waals surface area contributed by atoms with Gasteiger partial charge in [0.05, 0.1) is 12.2 Å². The number of benzene rings is 1. The van der Waals surface area contributed by atoms with Gasteiger partial charge in [0.25, 0.3) is 5.56 Å². The smallest absolute Gasteiger partial charge is 0.266 e. The molecule has 1 aromatic heterocycles. The van der Waals surface area contributed by atoms with Crippen molar-refractivity contribution >= 4 is 17.5 Å². The van der Waals surface area contributed by atoms with Crippen molar-refractivity contribution in [3.8, 4) is 11.3 Å². The number of carbonyl (C=O) groups excluding carboxylic acids is 1. The Bertz CT molecular complexity index is 947. The highest BCUT2D eigenvalue weighted by Crippen LogP contribution is 2.60. The summed E-state index contributed by atoms with van der Waals surface area (Å²) in [6.45, 7) is 0.802. The van der Waals surface area contributed by atoms with Gasteiger partial charge in [-0.2, -0.15) is 5.10 Å². The molecule has 4 aliphatic rings. The van der Waals surface area contributed by atoms with Crippen molar-refractivity contribution in [2.45, 2.75) is 45.1 Å². The summed E-state index contributed by atoms with van der Waals surface area (Å²) in [6.07, 6.45) is 7.12. The Morgan fingerprint density at radius 3 is 2.28 bits per heavy atom. The van der Waals surface area contributed by atoms with Crippen LogP contribution in [0.4, 0.5) is 0 Å². The molecule has 0 radical (unpaired) electrons. The van der Waals surface area contributed by atoms with Crippen molar-refractivity contribution in [3.63, 3.8) is 0 Å². The predicted octanol–water partition coefficient (Wildman–Crippen LogP) is 3.90. The summed E-state index contributed by atoms with van der Waals surface area (Å²) in [5.74, 6) is 2.42. The lowest BCUT2D eigenvalue weighted by molar-refractivity contribution is -0.146. The van der Waals surface area contributed by atoms with Gasteiger partial charge >= 0.3 is 0 Å². The minimum Gasteiger partial charge on any atom is -0.354 e. The van der Waals surface area contributed by atoms with Gasteiger partial charge in [0.15, 0.2) is 0 Å². The van der Waals surface area contributed by atoms with Gasteiger partial charge in [0.2, 0.25) is 5.91 Å². The maximum atomic E-state index is 13.1. The van der Waals surface area contributed by atoms with Crippen LogP contribution < -0.4 is 10.9 Å². The largest absolute Gasteiger partial charge is 0.354 e. The normalized spacial score (nSPS) is 29.8. The quantitative estimate of drug-likeness (QED) is 0.811. The number of nitrogens with zero attached hydrogens (tertiary/aromatic N) is 2. The van der Waals surface area contributed by atoms with Crippen LogP contribution in [0.3, 0.4) is 0 Å². The molecule has 0 saturated heterocycles. The zero-order chi connectivity index (χ0) is 20.0. The monoisotopic (exact) mass is 411 g/mol.